The van der Waals surface area contributed by atoms with Crippen molar-refractivity contribution in [3.8, 4) is 0 Å². The smallest absolute Gasteiger partial charge is 0.223 e. The highest BCUT2D eigenvalue weighted by Gasteiger charge is 2.15. The average Bonchev–Trinajstić information content (AvgIpc) is 2.53. The Hall–Kier alpha value is -1.29. The van der Waals surface area contributed by atoms with Gasteiger partial charge >= 0.3 is 0 Å². The van der Waals surface area contributed by atoms with Crippen LogP contribution in [0.2, 0.25) is 0 Å². The molecule has 3 nitrogen and oxygen atoms in total. The van der Waals surface area contributed by atoms with Gasteiger partial charge in [0.1, 0.15) is 0 Å². The molecule has 90 valence electrons. The average molecular weight is 295 g/mol. The van der Waals surface area contributed by atoms with Gasteiger partial charge in [0.2, 0.25) is 5.91 Å². The Kier molecular flexibility index (Phi) is 3.24. The molecule has 0 aliphatic rings. The number of aromatic amines is 1. The summed E-state index contributed by atoms with van der Waals surface area (Å²) in [5.74, 6) is 0.0462. The van der Waals surface area contributed by atoms with Crippen molar-refractivity contribution in [2.24, 2.45) is 5.73 Å². The highest BCUT2D eigenvalue weighted by atomic mass is 79.9. The minimum absolute atomic E-state index is 0.264. The van der Waals surface area contributed by atoms with E-state index in [1.165, 1.54) is 5.56 Å². The van der Waals surface area contributed by atoms with E-state index in [1.807, 2.05) is 12.1 Å². The molecule has 2 aromatic rings. The van der Waals surface area contributed by atoms with E-state index in [0.717, 1.165) is 21.1 Å². The van der Waals surface area contributed by atoms with E-state index in [4.69, 9.17) is 5.73 Å². The number of hydrogen-bond acceptors (Lipinski definition) is 1. The van der Waals surface area contributed by atoms with Crippen LogP contribution in [-0.4, -0.2) is 10.9 Å². The predicted octanol–water partition coefficient (Wildman–Crippen LogP) is 3.08. The number of H-pyrrole nitrogens is 1. The van der Waals surface area contributed by atoms with Gasteiger partial charge in [0, 0.05) is 21.1 Å². The van der Waals surface area contributed by atoms with Crippen molar-refractivity contribution in [2.75, 3.05) is 0 Å². The monoisotopic (exact) mass is 294 g/mol. The molecule has 17 heavy (non-hydrogen) atoms. The molecule has 1 aromatic heterocycles. The van der Waals surface area contributed by atoms with Crippen molar-refractivity contribution in [3.63, 3.8) is 0 Å². The van der Waals surface area contributed by atoms with Crippen molar-refractivity contribution in [1.29, 1.82) is 0 Å². The molecule has 0 radical (unpaired) electrons. The lowest BCUT2D eigenvalue weighted by Crippen LogP contribution is -2.15. The number of aromatic nitrogens is 1. The molecule has 0 bridgehead atoms. The van der Waals surface area contributed by atoms with Crippen LogP contribution < -0.4 is 5.73 Å². The second-order valence-corrected chi connectivity index (χ2v) is 5.42. The number of carbonyl (C=O) groups excluding carboxylic acids is 1. The van der Waals surface area contributed by atoms with Crippen LogP contribution in [-0.2, 0) is 11.2 Å². The van der Waals surface area contributed by atoms with Crippen LogP contribution in [0.4, 0.5) is 0 Å². The first-order valence-electron chi connectivity index (χ1n) is 5.57. The zero-order chi connectivity index (χ0) is 12.6. The Balaban J connectivity index is 2.66. The summed E-state index contributed by atoms with van der Waals surface area (Å²) in [6.07, 6.45) is 0.264. The van der Waals surface area contributed by atoms with Crippen LogP contribution in [0, 0.1) is 0 Å². The lowest BCUT2D eigenvalue weighted by Gasteiger charge is -2.07. The molecule has 4 heteroatoms. The highest BCUT2D eigenvalue weighted by molar-refractivity contribution is 9.10. The van der Waals surface area contributed by atoms with E-state index in [1.54, 1.807) is 0 Å². The maximum atomic E-state index is 11.1. The topological polar surface area (TPSA) is 58.9 Å². The molecule has 0 spiro atoms. The molecule has 1 heterocycles. The minimum atomic E-state index is -0.308. The molecule has 0 fully saturated rings. The number of hydrogen-bond donors (Lipinski definition) is 2. The lowest BCUT2D eigenvalue weighted by molar-refractivity contribution is -0.117. The Labute approximate surface area is 109 Å². The standard InChI is InChI=1S/C13H15BrN2O/c1-7(2)13-9-5-8(14)3-4-10(9)16-11(13)6-12(15)17/h3-5,7,16H,6H2,1-2H3,(H2,15,17). The normalized spacial score (nSPS) is 11.3. The third kappa shape index (κ3) is 2.36. The SMILES string of the molecule is CC(C)c1c(CC(N)=O)[nH]c2ccc(Br)cc12. The summed E-state index contributed by atoms with van der Waals surface area (Å²) < 4.78 is 1.04. The highest BCUT2D eigenvalue weighted by Crippen LogP contribution is 2.31. The number of primary amides is 1. The van der Waals surface area contributed by atoms with Crippen LogP contribution >= 0.6 is 15.9 Å². The molecule has 0 atom stereocenters. The summed E-state index contributed by atoms with van der Waals surface area (Å²) in [6.45, 7) is 4.24. The Morgan fingerprint density at radius 3 is 2.76 bits per heavy atom. The Bertz CT molecular complexity index is 572. The van der Waals surface area contributed by atoms with Crippen molar-refractivity contribution in [3.05, 3.63) is 33.9 Å². The summed E-state index contributed by atoms with van der Waals surface area (Å²) in [4.78, 5) is 14.4. The van der Waals surface area contributed by atoms with Crippen LogP contribution in [0.25, 0.3) is 10.9 Å². The van der Waals surface area contributed by atoms with Crippen molar-refractivity contribution < 1.29 is 4.79 Å². The van der Waals surface area contributed by atoms with Gasteiger partial charge in [-0.3, -0.25) is 4.79 Å². The van der Waals surface area contributed by atoms with E-state index in [2.05, 4.69) is 40.8 Å². The molecule has 0 aliphatic carbocycles. The maximum absolute atomic E-state index is 11.1. The fourth-order valence-electron chi connectivity index (χ4n) is 2.21. The zero-order valence-electron chi connectivity index (χ0n) is 9.88. The van der Waals surface area contributed by atoms with Gasteiger partial charge in [-0.2, -0.15) is 0 Å². The third-order valence-electron chi connectivity index (χ3n) is 2.81. The quantitative estimate of drug-likeness (QED) is 0.898. The number of halogens is 1. The van der Waals surface area contributed by atoms with Gasteiger partial charge < -0.3 is 10.7 Å². The van der Waals surface area contributed by atoms with Crippen LogP contribution in [0.3, 0.4) is 0 Å². The molecule has 0 aliphatic heterocycles. The molecular weight excluding hydrogens is 280 g/mol. The minimum Gasteiger partial charge on any atom is -0.369 e. The second-order valence-electron chi connectivity index (χ2n) is 4.50. The fraction of sp³-hybridized carbons (Fsp3) is 0.308. The van der Waals surface area contributed by atoms with Gasteiger partial charge in [0.15, 0.2) is 0 Å². The number of nitrogens with two attached hydrogens (primary N) is 1. The van der Waals surface area contributed by atoms with Crippen LogP contribution in [0.5, 0.6) is 0 Å². The Morgan fingerprint density at radius 1 is 1.47 bits per heavy atom. The largest absolute Gasteiger partial charge is 0.369 e. The van der Waals surface area contributed by atoms with E-state index in [0.29, 0.717) is 5.92 Å². The van der Waals surface area contributed by atoms with E-state index in [-0.39, 0.29) is 12.3 Å². The summed E-state index contributed by atoms with van der Waals surface area (Å²) in [6, 6.07) is 6.07. The van der Waals surface area contributed by atoms with Crippen molar-refractivity contribution in [2.45, 2.75) is 26.2 Å². The summed E-state index contributed by atoms with van der Waals surface area (Å²) in [5.41, 5.74) is 8.44. The number of nitrogens with one attached hydrogen (secondary N) is 1. The summed E-state index contributed by atoms with van der Waals surface area (Å²) >= 11 is 3.47. The predicted molar refractivity (Wildman–Crippen MR) is 73.0 cm³/mol. The number of carbonyl (C=O) groups is 1. The molecule has 2 rings (SSSR count). The zero-order valence-corrected chi connectivity index (χ0v) is 11.5. The summed E-state index contributed by atoms with van der Waals surface area (Å²) in [7, 11) is 0. The Morgan fingerprint density at radius 2 is 2.18 bits per heavy atom. The van der Waals surface area contributed by atoms with Crippen LogP contribution in [0.1, 0.15) is 31.0 Å². The number of rotatable bonds is 3. The molecule has 3 N–H and O–H groups in total. The van der Waals surface area contributed by atoms with Gasteiger partial charge in [-0.25, -0.2) is 0 Å². The number of fused-ring (bicyclic) bond motifs is 1. The van der Waals surface area contributed by atoms with E-state index in [9.17, 15) is 4.79 Å². The number of amides is 1. The van der Waals surface area contributed by atoms with Gasteiger partial charge in [0.05, 0.1) is 6.42 Å². The first kappa shape index (κ1) is 12.2. The molecular formula is C13H15BrN2O. The van der Waals surface area contributed by atoms with E-state index < -0.39 is 0 Å². The maximum Gasteiger partial charge on any atom is 0.223 e. The molecule has 1 aromatic carbocycles. The van der Waals surface area contributed by atoms with E-state index >= 15 is 0 Å². The molecule has 0 unspecified atom stereocenters. The van der Waals surface area contributed by atoms with Crippen molar-refractivity contribution >= 4 is 32.7 Å². The summed E-state index contributed by atoms with van der Waals surface area (Å²) in [5, 5.41) is 1.16. The van der Waals surface area contributed by atoms with Gasteiger partial charge in [0.25, 0.3) is 0 Å². The fourth-order valence-corrected chi connectivity index (χ4v) is 2.57. The van der Waals surface area contributed by atoms with Gasteiger partial charge in [-0.1, -0.05) is 29.8 Å². The molecule has 0 saturated heterocycles. The second kappa shape index (κ2) is 4.53. The van der Waals surface area contributed by atoms with Gasteiger partial charge in [-0.05, 0) is 29.7 Å². The first-order chi connectivity index (χ1) is 7.99. The number of benzene rings is 1. The third-order valence-corrected chi connectivity index (χ3v) is 3.30. The molecule has 1 amide bonds. The molecule has 0 saturated carbocycles. The van der Waals surface area contributed by atoms with Crippen molar-refractivity contribution in [1.82, 2.24) is 4.98 Å². The van der Waals surface area contributed by atoms with Crippen LogP contribution in [0.15, 0.2) is 22.7 Å². The lowest BCUT2D eigenvalue weighted by atomic mass is 9.98. The van der Waals surface area contributed by atoms with Gasteiger partial charge in [-0.15, -0.1) is 0 Å². The first-order valence-corrected chi connectivity index (χ1v) is 6.36.